The van der Waals surface area contributed by atoms with Gasteiger partial charge in [-0.05, 0) is 26.0 Å². The highest BCUT2D eigenvalue weighted by atomic mass is 16.5. The molecule has 1 heterocycles. The van der Waals surface area contributed by atoms with Gasteiger partial charge in [0.25, 0.3) is 0 Å². The van der Waals surface area contributed by atoms with E-state index in [0.717, 1.165) is 11.1 Å². The molecule has 0 saturated carbocycles. The van der Waals surface area contributed by atoms with Crippen LogP contribution in [0, 0.1) is 13.8 Å². The molecule has 0 aliphatic heterocycles. The van der Waals surface area contributed by atoms with Crippen molar-refractivity contribution < 1.29 is 23.4 Å². The molecule has 1 amide bonds. The van der Waals surface area contributed by atoms with Gasteiger partial charge in [0.2, 0.25) is 17.5 Å². The van der Waals surface area contributed by atoms with E-state index in [1.807, 2.05) is 31.2 Å². The third kappa shape index (κ3) is 4.51. The van der Waals surface area contributed by atoms with Gasteiger partial charge in [-0.2, -0.15) is 0 Å². The zero-order valence-electron chi connectivity index (χ0n) is 17.2. The highest BCUT2D eigenvalue weighted by Crippen LogP contribution is 2.40. The fourth-order valence-corrected chi connectivity index (χ4v) is 2.92. The molecule has 29 heavy (non-hydrogen) atoms. The van der Waals surface area contributed by atoms with Crippen molar-refractivity contribution in [3.05, 3.63) is 53.4 Å². The summed E-state index contributed by atoms with van der Waals surface area (Å²) in [5, 5.41) is 2.84. The summed E-state index contributed by atoms with van der Waals surface area (Å²) in [5.74, 6) is 2.26. The number of nitrogens with zero attached hydrogens (tertiary/aromatic N) is 1. The van der Waals surface area contributed by atoms with Crippen LogP contribution in [0.3, 0.4) is 0 Å². The van der Waals surface area contributed by atoms with E-state index in [9.17, 15) is 4.79 Å². The summed E-state index contributed by atoms with van der Waals surface area (Å²) in [6, 6.07) is 11.2. The van der Waals surface area contributed by atoms with Crippen molar-refractivity contribution in [3.63, 3.8) is 0 Å². The molecule has 2 aromatic carbocycles. The van der Waals surface area contributed by atoms with Gasteiger partial charge in [0, 0.05) is 23.4 Å². The number of carbonyl (C=O) groups is 1. The zero-order chi connectivity index (χ0) is 21.0. The number of methoxy groups -OCH3 is 3. The van der Waals surface area contributed by atoms with E-state index in [1.165, 1.54) is 21.3 Å². The maximum absolute atomic E-state index is 12.6. The highest BCUT2D eigenvalue weighted by molar-refractivity contribution is 5.93. The monoisotopic (exact) mass is 396 g/mol. The number of hydrogen-bond acceptors (Lipinski definition) is 6. The summed E-state index contributed by atoms with van der Waals surface area (Å²) >= 11 is 0. The minimum Gasteiger partial charge on any atom is -0.493 e. The van der Waals surface area contributed by atoms with E-state index < -0.39 is 0 Å². The number of aromatic nitrogens is 1. The molecule has 0 saturated heterocycles. The summed E-state index contributed by atoms with van der Waals surface area (Å²) in [6.07, 6.45) is 0.0812. The molecule has 3 rings (SSSR count). The molecule has 0 aliphatic carbocycles. The molecule has 0 spiro atoms. The molecule has 3 aromatic rings. The van der Waals surface area contributed by atoms with Crippen molar-refractivity contribution in [1.29, 1.82) is 0 Å². The molecule has 0 bridgehead atoms. The van der Waals surface area contributed by atoms with Crippen LogP contribution in [0.4, 0.5) is 5.69 Å². The molecule has 0 radical (unpaired) electrons. The van der Waals surface area contributed by atoms with Gasteiger partial charge in [-0.1, -0.05) is 17.7 Å². The maximum atomic E-state index is 12.6. The van der Waals surface area contributed by atoms with Gasteiger partial charge < -0.3 is 23.9 Å². The van der Waals surface area contributed by atoms with Crippen LogP contribution < -0.4 is 19.5 Å². The quantitative estimate of drug-likeness (QED) is 0.646. The number of rotatable bonds is 7. The highest BCUT2D eigenvalue weighted by Gasteiger charge is 2.17. The van der Waals surface area contributed by atoms with Crippen LogP contribution in [0.2, 0.25) is 0 Å². The number of aryl methyl sites for hydroxylation is 2. The third-order valence-corrected chi connectivity index (χ3v) is 4.47. The average molecular weight is 396 g/mol. The predicted octanol–water partition coefficient (Wildman–Crippen LogP) is 4.17. The smallest absolute Gasteiger partial charge is 0.230 e. The Morgan fingerprint density at radius 2 is 1.62 bits per heavy atom. The Bertz CT molecular complexity index is 984. The largest absolute Gasteiger partial charge is 0.493 e. The number of oxazole rings is 1. The standard InChI is InChI=1S/C22H24N2O5/c1-13-6-8-15(9-7-13)22-24-17(14(2)29-22)12-20(25)23-16-10-18(26-3)21(28-5)19(11-16)27-4/h6-11H,12H2,1-5H3,(H,23,25). The first-order chi connectivity index (χ1) is 13.9. The molecule has 7 nitrogen and oxygen atoms in total. The minimum atomic E-state index is -0.230. The Kier molecular flexibility index (Phi) is 6.07. The molecule has 1 aromatic heterocycles. The number of hydrogen-bond donors (Lipinski definition) is 1. The topological polar surface area (TPSA) is 82.8 Å². The van der Waals surface area contributed by atoms with Gasteiger partial charge in [-0.3, -0.25) is 4.79 Å². The number of carbonyl (C=O) groups excluding carboxylic acids is 1. The van der Waals surface area contributed by atoms with E-state index in [-0.39, 0.29) is 12.3 Å². The Morgan fingerprint density at radius 1 is 1.00 bits per heavy atom. The van der Waals surface area contributed by atoms with E-state index in [4.69, 9.17) is 18.6 Å². The SMILES string of the molecule is COc1cc(NC(=O)Cc2nc(-c3ccc(C)cc3)oc2C)cc(OC)c1OC. The van der Waals surface area contributed by atoms with Crippen LogP contribution in [-0.4, -0.2) is 32.2 Å². The van der Waals surface area contributed by atoms with Crippen LogP contribution in [0.1, 0.15) is 17.0 Å². The first-order valence-electron chi connectivity index (χ1n) is 9.08. The summed E-state index contributed by atoms with van der Waals surface area (Å²) in [7, 11) is 4.57. The number of anilines is 1. The third-order valence-electron chi connectivity index (χ3n) is 4.47. The van der Waals surface area contributed by atoms with E-state index in [1.54, 1.807) is 19.1 Å². The van der Waals surface area contributed by atoms with Crippen molar-refractivity contribution in [2.75, 3.05) is 26.6 Å². The summed E-state index contributed by atoms with van der Waals surface area (Å²) in [5.41, 5.74) is 3.15. The Morgan fingerprint density at radius 3 is 2.17 bits per heavy atom. The van der Waals surface area contributed by atoms with Gasteiger partial charge in [-0.25, -0.2) is 4.98 Å². The molecule has 152 valence electrons. The summed E-state index contributed by atoms with van der Waals surface area (Å²) < 4.78 is 21.7. The van der Waals surface area contributed by atoms with Crippen LogP contribution in [0.25, 0.3) is 11.5 Å². The molecule has 0 aliphatic rings. The predicted molar refractivity (Wildman–Crippen MR) is 110 cm³/mol. The first kappa shape index (κ1) is 20.3. The van der Waals surface area contributed by atoms with Gasteiger partial charge in [0.15, 0.2) is 11.5 Å². The lowest BCUT2D eigenvalue weighted by atomic mass is 10.1. The van der Waals surface area contributed by atoms with Crippen LogP contribution in [0.5, 0.6) is 17.2 Å². The van der Waals surface area contributed by atoms with Crippen molar-refractivity contribution in [1.82, 2.24) is 4.98 Å². The molecule has 0 unspecified atom stereocenters. The number of amides is 1. The minimum absolute atomic E-state index is 0.0812. The number of benzene rings is 2. The average Bonchev–Trinajstić information content (AvgIpc) is 3.07. The molecular weight excluding hydrogens is 372 g/mol. The molecule has 7 heteroatoms. The van der Waals surface area contributed by atoms with Crippen molar-refractivity contribution in [2.24, 2.45) is 0 Å². The maximum Gasteiger partial charge on any atom is 0.230 e. The van der Waals surface area contributed by atoms with E-state index in [2.05, 4.69) is 10.3 Å². The van der Waals surface area contributed by atoms with Gasteiger partial charge in [0.1, 0.15) is 5.76 Å². The summed E-state index contributed by atoms with van der Waals surface area (Å²) in [4.78, 5) is 17.1. The lowest BCUT2D eigenvalue weighted by Crippen LogP contribution is -2.15. The van der Waals surface area contributed by atoms with E-state index in [0.29, 0.717) is 40.3 Å². The molecular formula is C22H24N2O5. The van der Waals surface area contributed by atoms with E-state index >= 15 is 0 Å². The van der Waals surface area contributed by atoms with Crippen molar-refractivity contribution in [3.8, 4) is 28.7 Å². The van der Waals surface area contributed by atoms with Gasteiger partial charge in [0.05, 0.1) is 33.4 Å². The fraction of sp³-hybridized carbons (Fsp3) is 0.273. The molecule has 0 atom stereocenters. The summed E-state index contributed by atoms with van der Waals surface area (Å²) in [6.45, 7) is 3.82. The van der Waals surface area contributed by atoms with Crippen molar-refractivity contribution in [2.45, 2.75) is 20.3 Å². The second-order valence-electron chi connectivity index (χ2n) is 6.53. The van der Waals surface area contributed by atoms with Gasteiger partial charge in [-0.15, -0.1) is 0 Å². The second-order valence-corrected chi connectivity index (χ2v) is 6.53. The zero-order valence-corrected chi connectivity index (χ0v) is 17.2. The number of nitrogens with one attached hydrogen (secondary N) is 1. The lowest BCUT2D eigenvalue weighted by molar-refractivity contribution is -0.115. The normalized spacial score (nSPS) is 10.5. The molecule has 1 N–H and O–H groups in total. The lowest BCUT2D eigenvalue weighted by Gasteiger charge is -2.14. The fourth-order valence-electron chi connectivity index (χ4n) is 2.92. The Labute approximate surface area is 169 Å². The first-order valence-corrected chi connectivity index (χ1v) is 9.08. The number of ether oxygens (including phenoxy) is 3. The molecule has 0 fully saturated rings. The van der Waals surface area contributed by atoms with Crippen LogP contribution in [0.15, 0.2) is 40.8 Å². The van der Waals surface area contributed by atoms with Crippen LogP contribution in [-0.2, 0) is 11.2 Å². The Balaban J connectivity index is 1.77. The Hall–Kier alpha value is -3.48. The second kappa shape index (κ2) is 8.68. The van der Waals surface area contributed by atoms with Gasteiger partial charge >= 0.3 is 0 Å². The van der Waals surface area contributed by atoms with Crippen molar-refractivity contribution >= 4 is 11.6 Å². The van der Waals surface area contributed by atoms with Crippen LogP contribution >= 0.6 is 0 Å².